The molecule has 0 bridgehead atoms. The summed E-state index contributed by atoms with van der Waals surface area (Å²) in [5.41, 5.74) is 1.76. The van der Waals surface area contributed by atoms with Crippen LogP contribution in [0.4, 0.5) is 4.39 Å². The first-order chi connectivity index (χ1) is 6.36. The second-order valence-electron chi connectivity index (χ2n) is 2.58. The molecular weight excluding hydrogens is 167 g/mol. The van der Waals surface area contributed by atoms with Crippen molar-refractivity contribution in [2.24, 2.45) is 0 Å². The molecule has 3 heteroatoms. The van der Waals surface area contributed by atoms with E-state index in [1.54, 1.807) is 24.5 Å². The van der Waals surface area contributed by atoms with Crippen LogP contribution in [0.5, 0.6) is 0 Å². The maximum absolute atomic E-state index is 12.6. The summed E-state index contributed by atoms with van der Waals surface area (Å²) in [6.07, 6.45) is 5.72. The van der Waals surface area contributed by atoms with Gasteiger partial charge in [0.1, 0.15) is 5.82 Å². The summed E-state index contributed by atoms with van der Waals surface area (Å²) in [4.78, 5) is 7.51. The van der Waals surface area contributed by atoms with Crippen molar-refractivity contribution in [1.29, 1.82) is 0 Å². The van der Waals surface area contributed by atoms with Gasteiger partial charge in [-0.25, -0.2) is 14.4 Å². The highest BCUT2D eigenvalue weighted by atomic mass is 19.1. The normalized spacial score (nSPS) is 9.92. The van der Waals surface area contributed by atoms with Crippen molar-refractivity contribution in [3.8, 4) is 11.1 Å². The molecule has 0 unspecified atom stereocenters. The molecule has 0 atom stereocenters. The van der Waals surface area contributed by atoms with Gasteiger partial charge in [-0.05, 0) is 17.7 Å². The third kappa shape index (κ3) is 1.69. The molecule has 0 aliphatic heterocycles. The second kappa shape index (κ2) is 3.31. The second-order valence-corrected chi connectivity index (χ2v) is 2.58. The third-order valence-corrected chi connectivity index (χ3v) is 1.70. The van der Waals surface area contributed by atoms with Crippen molar-refractivity contribution in [2.75, 3.05) is 0 Å². The molecular formula is C10H6FN2. The quantitative estimate of drug-likeness (QED) is 0.659. The van der Waals surface area contributed by atoms with E-state index in [1.807, 2.05) is 0 Å². The maximum Gasteiger partial charge on any atom is 0.197 e. The van der Waals surface area contributed by atoms with Crippen LogP contribution in [0.15, 0.2) is 36.7 Å². The zero-order valence-electron chi connectivity index (χ0n) is 6.74. The van der Waals surface area contributed by atoms with E-state index in [-0.39, 0.29) is 5.82 Å². The van der Waals surface area contributed by atoms with Crippen LogP contribution in [0, 0.1) is 12.1 Å². The van der Waals surface area contributed by atoms with E-state index in [9.17, 15) is 4.39 Å². The lowest BCUT2D eigenvalue weighted by Gasteiger charge is -1.98. The van der Waals surface area contributed by atoms with Crippen molar-refractivity contribution in [2.45, 2.75) is 0 Å². The zero-order valence-corrected chi connectivity index (χ0v) is 6.74. The van der Waals surface area contributed by atoms with Crippen LogP contribution >= 0.6 is 0 Å². The number of nitrogens with zero attached hydrogens (tertiary/aromatic N) is 2. The van der Waals surface area contributed by atoms with Gasteiger partial charge in [0.25, 0.3) is 0 Å². The predicted octanol–water partition coefficient (Wildman–Crippen LogP) is 2.08. The number of hydrogen-bond acceptors (Lipinski definition) is 2. The monoisotopic (exact) mass is 173 g/mol. The predicted molar refractivity (Wildman–Crippen MR) is 46.3 cm³/mol. The van der Waals surface area contributed by atoms with Crippen LogP contribution in [0.3, 0.4) is 0 Å². The standard InChI is InChI=1S/C10H6FN2/c11-10-3-1-8(2-4-10)9-5-12-7-13-6-9/h1-6H. The largest absolute Gasteiger partial charge is 0.233 e. The van der Waals surface area contributed by atoms with Gasteiger partial charge in [-0.3, -0.25) is 0 Å². The van der Waals surface area contributed by atoms with Crippen LogP contribution in [-0.2, 0) is 0 Å². The molecule has 2 rings (SSSR count). The van der Waals surface area contributed by atoms with Gasteiger partial charge < -0.3 is 0 Å². The van der Waals surface area contributed by atoms with Crippen molar-refractivity contribution < 1.29 is 4.39 Å². The number of hydrogen-bond donors (Lipinski definition) is 0. The SMILES string of the molecule is Fc1ccc(-c2cn[c]nc2)cc1. The van der Waals surface area contributed by atoms with Crippen LogP contribution in [0.1, 0.15) is 0 Å². The lowest BCUT2D eigenvalue weighted by Crippen LogP contribution is -1.82. The molecule has 0 saturated carbocycles. The Hall–Kier alpha value is -1.77. The maximum atomic E-state index is 12.6. The van der Waals surface area contributed by atoms with Crippen molar-refractivity contribution in [1.82, 2.24) is 9.97 Å². The minimum absolute atomic E-state index is 0.243. The fraction of sp³-hybridized carbons (Fsp3) is 0. The van der Waals surface area contributed by atoms with Crippen molar-refractivity contribution >= 4 is 0 Å². The summed E-state index contributed by atoms with van der Waals surface area (Å²) in [7, 11) is 0. The Morgan fingerprint density at radius 2 is 1.54 bits per heavy atom. The summed E-state index contributed by atoms with van der Waals surface area (Å²) in [6, 6.07) is 6.19. The van der Waals surface area contributed by atoms with E-state index in [0.717, 1.165) is 11.1 Å². The van der Waals surface area contributed by atoms with Gasteiger partial charge >= 0.3 is 0 Å². The Labute approximate surface area is 75.1 Å². The highest BCUT2D eigenvalue weighted by Crippen LogP contribution is 2.16. The van der Waals surface area contributed by atoms with Gasteiger partial charge in [0.15, 0.2) is 6.33 Å². The minimum atomic E-state index is -0.243. The summed E-state index contributed by atoms with van der Waals surface area (Å²) in [5.74, 6) is -0.243. The molecule has 13 heavy (non-hydrogen) atoms. The molecule has 0 amide bonds. The molecule has 1 aromatic heterocycles. The van der Waals surface area contributed by atoms with E-state index in [2.05, 4.69) is 16.3 Å². The average Bonchev–Trinajstić information content (AvgIpc) is 2.20. The lowest BCUT2D eigenvalue weighted by atomic mass is 10.1. The Morgan fingerprint density at radius 3 is 2.15 bits per heavy atom. The molecule has 1 heterocycles. The molecule has 1 aromatic carbocycles. The van der Waals surface area contributed by atoms with Crippen LogP contribution < -0.4 is 0 Å². The van der Waals surface area contributed by atoms with Crippen molar-refractivity contribution in [3.63, 3.8) is 0 Å². The van der Waals surface area contributed by atoms with Gasteiger partial charge in [0.2, 0.25) is 0 Å². The number of benzene rings is 1. The summed E-state index contributed by atoms with van der Waals surface area (Å²) in [5, 5.41) is 0. The van der Waals surface area contributed by atoms with Crippen LogP contribution in [-0.4, -0.2) is 9.97 Å². The Bertz CT molecular complexity index is 383. The Morgan fingerprint density at radius 1 is 0.923 bits per heavy atom. The Balaban J connectivity index is 2.42. The first kappa shape index (κ1) is 7.86. The number of rotatable bonds is 1. The number of halogens is 1. The molecule has 0 N–H and O–H groups in total. The molecule has 2 aromatic rings. The Kier molecular flexibility index (Phi) is 2.00. The van der Waals surface area contributed by atoms with E-state index in [1.165, 1.54) is 12.1 Å². The van der Waals surface area contributed by atoms with E-state index in [0.29, 0.717) is 0 Å². The van der Waals surface area contributed by atoms with Gasteiger partial charge in [-0.2, -0.15) is 0 Å². The smallest absolute Gasteiger partial charge is 0.197 e. The fourth-order valence-electron chi connectivity index (χ4n) is 1.05. The van der Waals surface area contributed by atoms with Crippen LogP contribution in [0.2, 0.25) is 0 Å². The van der Waals surface area contributed by atoms with Crippen LogP contribution in [0.25, 0.3) is 11.1 Å². The zero-order chi connectivity index (χ0) is 9.10. The molecule has 0 fully saturated rings. The molecule has 1 radical (unpaired) electrons. The van der Waals surface area contributed by atoms with E-state index >= 15 is 0 Å². The van der Waals surface area contributed by atoms with Crippen molar-refractivity contribution in [3.05, 3.63) is 48.8 Å². The molecule has 0 aliphatic carbocycles. The van der Waals surface area contributed by atoms with Gasteiger partial charge in [-0.15, -0.1) is 0 Å². The molecule has 0 aliphatic rings. The third-order valence-electron chi connectivity index (χ3n) is 1.70. The van der Waals surface area contributed by atoms with E-state index < -0.39 is 0 Å². The molecule has 0 saturated heterocycles. The summed E-state index contributed by atoms with van der Waals surface area (Å²) >= 11 is 0. The number of aromatic nitrogens is 2. The molecule has 63 valence electrons. The first-order valence-electron chi connectivity index (χ1n) is 3.80. The highest BCUT2D eigenvalue weighted by molar-refractivity contribution is 5.60. The topological polar surface area (TPSA) is 25.8 Å². The van der Waals surface area contributed by atoms with Gasteiger partial charge in [0.05, 0.1) is 0 Å². The van der Waals surface area contributed by atoms with Gasteiger partial charge in [-0.1, -0.05) is 12.1 Å². The minimum Gasteiger partial charge on any atom is -0.233 e. The fourth-order valence-corrected chi connectivity index (χ4v) is 1.05. The van der Waals surface area contributed by atoms with Gasteiger partial charge in [0, 0.05) is 18.0 Å². The summed E-state index contributed by atoms with van der Waals surface area (Å²) in [6.45, 7) is 0. The molecule has 2 nitrogen and oxygen atoms in total. The average molecular weight is 173 g/mol. The molecule has 0 spiro atoms. The lowest BCUT2D eigenvalue weighted by molar-refractivity contribution is 0.628. The van der Waals surface area contributed by atoms with E-state index in [4.69, 9.17) is 0 Å². The summed E-state index contributed by atoms with van der Waals surface area (Å²) < 4.78 is 12.6. The first-order valence-corrected chi connectivity index (χ1v) is 3.80. The highest BCUT2D eigenvalue weighted by Gasteiger charge is 1.96.